The normalized spacial score (nSPS) is 26.4. The molecule has 3 rings (SSSR count). The molecule has 0 aromatic heterocycles. The van der Waals surface area contributed by atoms with E-state index in [0.29, 0.717) is 12.7 Å². The summed E-state index contributed by atoms with van der Waals surface area (Å²) in [6.45, 7) is 2.77. The largest absolute Gasteiger partial charge is 0.490 e. The molecule has 1 aromatic rings. The van der Waals surface area contributed by atoms with Gasteiger partial charge in [-0.3, -0.25) is 4.79 Å². The van der Waals surface area contributed by atoms with E-state index in [4.69, 9.17) is 9.47 Å². The van der Waals surface area contributed by atoms with Crippen molar-refractivity contribution >= 4 is 5.78 Å². The van der Waals surface area contributed by atoms with Gasteiger partial charge in [0.1, 0.15) is 5.75 Å². The van der Waals surface area contributed by atoms with Gasteiger partial charge in [0.25, 0.3) is 0 Å². The summed E-state index contributed by atoms with van der Waals surface area (Å²) in [4.78, 5) is 12.5. The lowest BCUT2D eigenvalue weighted by Gasteiger charge is -2.16. The maximum absolute atomic E-state index is 12.5. The minimum Gasteiger partial charge on any atom is -0.490 e. The molecule has 3 nitrogen and oxygen atoms in total. The molecule has 2 atom stereocenters. The van der Waals surface area contributed by atoms with Crippen molar-refractivity contribution in [3.05, 3.63) is 29.8 Å². The number of Topliss-reactive ketones (excluding diaryl/α,β-unsaturated/α-hetero) is 1. The Morgan fingerprint density at radius 1 is 1.37 bits per heavy atom. The van der Waals surface area contributed by atoms with Crippen molar-refractivity contribution in [3.8, 4) is 5.75 Å². The van der Waals surface area contributed by atoms with Crippen LogP contribution in [0.1, 0.15) is 43.0 Å². The molecule has 0 N–H and O–H groups in total. The van der Waals surface area contributed by atoms with Crippen molar-refractivity contribution in [1.82, 2.24) is 0 Å². The number of ketones is 1. The molecule has 2 aliphatic rings. The summed E-state index contributed by atoms with van der Waals surface area (Å²) < 4.78 is 11.4. The zero-order valence-corrected chi connectivity index (χ0v) is 11.3. The average molecular weight is 260 g/mol. The Bertz CT molecular complexity index is 465. The van der Waals surface area contributed by atoms with E-state index >= 15 is 0 Å². The van der Waals surface area contributed by atoms with Gasteiger partial charge in [-0.15, -0.1) is 0 Å². The van der Waals surface area contributed by atoms with Gasteiger partial charge in [0.2, 0.25) is 0 Å². The molecule has 3 heteroatoms. The number of benzene rings is 1. The van der Waals surface area contributed by atoms with E-state index in [1.165, 1.54) is 0 Å². The van der Waals surface area contributed by atoms with Gasteiger partial charge in [-0.2, -0.15) is 0 Å². The lowest BCUT2D eigenvalue weighted by Crippen LogP contribution is -2.23. The number of ether oxygens (including phenoxy) is 2. The van der Waals surface area contributed by atoms with E-state index in [1.54, 1.807) is 0 Å². The van der Waals surface area contributed by atoms with Crippen LogP contribution < -0.4 is 4.74 Å². The van der Waals surface area contributed by atoms with Crippen molar-refractivity contribution < 1.29 is 14.3 Å². The SMILES string of the molecule is CCC1OCCC1C(=O)c1cccc(OC2CC2)c1. The summed E-state index contributed by atoms with van der Waals surface area (Å²) in [7, 11) is 0. The average Bonchev–Trinajstić information content (AvgIpc) is 3.11. The van der Waals surface area contributed by atoms with Gasteiger partial charge in [0, 0.05) is 12.2 Å². The maximum atomic E-state index is 12.5. The fraction of sp³-hybridized carbons (Fsp3) is 0.562. The van der Waals surface area contributed by atoms with Gasteiger partial charge in [-0.05, 0) is 37.8 Å². The number of rotatable bonds is 5. The van der Waals surface area contributed by atoms with Crippen LogP contribution in [0.5, 0.6) is 5.75 Å². The molecule has 2 unspecified atom stereocenters. The van der Waals surface area contributed by atoms with Gasteiger partial charge in [-0.25, -0.2) is 0 Å². The Kier molecular flexibility index (Phi) is 3.56. The highest BCUT2D eigenvalue weighted by Gasteiger charge is 2.33. The zero-order chi connectivity index (χ0) is 13.2. The molecule has 1 saturated heterocycles. The Morgan fingerprint density at radius 3 is 2.95 bits per heavy atom. The van der Waals surface area contributed by atoms with Crippen LogP contribution in [0.3, 0.4) is 0 Å². The third kappa shape index (κ3) is 2.81. The monoisotopic (exact) mass is 260 g/mol. The van der Waals surface area contributed by atoms with Gasteiger partial charge in [0.05, 0.1) is 18.1 Å². The molecule has 1 aliphatic heterocycles. The quantitative estimate of drug-likeness (QED) is 0.762. The van der Waals surface area contributed by atoms with Gasteiger partial charge in [-0.1, -0.05) is 19.1 Å². The van der Waals surface area contributed by atoms with Crippen LogP contribution in [0.25, 0.3) is 0 Å². The molecule has 0 bridgehead atoms. The number of carbonyl (C=O) groups is 1. The van der Waals surface area contributed by atoms with Crippen molar-refractivity contribution in [3.63, 3.8) is 0 Å². The van der Waals surface area contributed by atoms with Gasteiger partial charge >= 0.3 is 0 Å². The highest BCUT2D eigenvalue weighted by molar-refractivity contribution is 5.98. The van der Waals surface area contributed by atoms with Crippen molar-refractivity contribution in [2.45, 2.75) is 44.8 Å². The third-order valence-corrected chi connectivity index (χ3v) is 3.89. The van der Waals surface area contributed by atoms with Crippen LogP contribution in [0.2, 0.25) is 0 Å². The topological polar surface area (TPSA) is 35.5 Å². The van der Waals surface area contributed by atoms with E-state index in [2.05, 4.69) is 6.92 Å². The molecule has 0 spiro atoms. The summed E-state index contributed by atoms with van der Waals surface area (Å²) in [6, 6.07) is 7.60. The smallest absolute Gasteiger partial charge is 0.168 e. The summed E-state index contributed by atoms with van der Waals surface area (Å²) in [5.74, 6) is 1.03. The van der Waals surface area contributed by atoms with Crippen molar-refractivity contribution in [1.29, 1.82) is 0 Å². The number of carbonyl (C=O) groups excluding carboxylic acids is 1. The molecule has 2 fully saturated rings. The Balaban J connectivity index is 1.74. The lowest BCUT2D eigenvalue weighted by molar-refractivity contribution is 0.0688. The van der Waals surface area contributed by atoms with E-state index in [9.17, 15) is 4.79 Å². The molecule has 1 aliphatic carbocycles. The minimum absolute atomic E-state index is 0.0150. The van der Waals surface area contributed by atoms with Crippen LogP contribution in [0.4, 0.5) is 0 Å². The van der Waals surface area contributed by atoms with Crippen LogP contribution >= 0.6 is 0 Å². The molecule has 1 saturated carbocycles. The summed E-state index contributed by atoms with van der Waals surface area (Å²) in [6.07, 6.45) is 4.45. The van der Waals surface area contributed by atoms with Crippen LogP contribution in [0.15, 0.2) is 24.3 Å². The Morgan fingerprint density at radius 2 is 2.21 bits per heavy atom. The second kappa shape index (κ2) is 5.33. The third-order valence-electron chi connectivity index (χ3n) is 3.89. The van der Waals surface area contributed by atoms with Crippen molar-refractivity contribution in [2.24, 2.45) is 5.92 Å². The van der Waals surface area contributed by atoms with Crippen molar-refractivity contribution in [2.75, 3.05) is 6.61 Å². The molecule has 0 amide bonds. The van der Waals surface area contributed by atoms with Gasteiger partial charge < -0.3 is 9.47 Å². The molecular formula is C16H20O3. The Hall–Kier alpha value is -1.35. The number of hydrogen-bond acceptors (Lipinski definition) is 3. The van der Waals surface area contributed by atoms with E-state index < -0.39 is 0 Å². The first-order chi connectivity index (χ1) is 9.28. The Labute approximate surface area is 113 Å². The predicted molar refractivity (Wildman–Crippen MR) is 72.6 cm³/mol. The molecular weight excluding hydrogens is 240 g/mol. The highest BCUT2D eigenvalue weighted by atomic mass is 16.5. The summed E-state index contributed by atoms with van der Waals surface area (Å²) in [5.41, 5.74) is 0.757. The number of hydrogen-bond donors (Lipinski definition) is 0. The second-order valence-corrected chi connectivity index (χ2v) is 5.42. The highest BCUT2D eigenvalue weighted by Crippen LogP contribution is 2.30. The first kappa shape index (κ1) is 12.7. The van der Waals surface area contributed by atoms with Gasteiger partial charge in [0.15, 0.2) is 5.78 Å². The minimum atomic E-state index is 0.0150. The van der Waals surface area contributed by atoms with E-state index in [-0.39, 0.29) is 17.8 Å². The molecule has 102 valence electrons. The predicted octanol–water partition coefficient (Wildman–Crippen LogP) is 3.23. The van der Waals surface area contributed by atoms with E-state index in [0.717, 1.165) is 37.0 Å². The fourth-order valence-electron chi connectivity index (χ4n) is 2.67. The van der Waals surface area contributed by atoms with Crippen LogP contribution in [-0.4, -0.2) is 24.6 Å². The second-order valence-electron chi connectivity index (χ2n) is 5.42. The first-order valence-electron chi connectivity index (χ1n) is 7.20. The standard InChI is InChI=1S/C16H20O3/c1-2-15-14(8-9-18-15)16(17)11-4-3-5-13(10-11)19-12-6-7-12/h3-5,10,12,14-15H,2,6-9H2,1H3. The van der Waals surface area contributed by atoms with E-state index in [1.807, 2.05) is 24.3 Å². The summed E-state index contributed by atoms with van der Waals surface area (Å²) >= 11 is 0. The maximum Gasteiger partial charge on any atom is 0.168 e. The first-order valence-corrected chi connectivity index (χ1v) is 7.20. The van der Waals surface area contributed by atoms with Crippen LogP contribution in [0, 0.1) is 5.92 Å². The molecule has 1 aromatic carbocycles. The zero-order valence-electron chi connectivity index (χ0n) is 11.3. The molecule has 0 radical (unpaired) electrons. The summed E-state index contributed by atoms with van der Waals surface area (Å²) in [5, 5.41) is 0. The molecule has 19 heavy (non-hydrogen) atoms. The lowest BCUT2D eigenvalue weighted by atomic mass is 9.90. The van der Waals surface area contributed by atoms with Crippen LogP contribution in [-0.2, 0) is 4.74 Å². The fourth-order valence-corrected chi connectivity index (χ4v) is 2.67. The molecule has 1 heterocycles.